The highest BCUT2D eigenvalue weighted by atomic mass is 16.2. The first kappa shape index (κ1) is 14.6. The number of benzene rings is 1. The number of aryl methyl sites for hydroxylation is 2. The van der Waals surface area contributed by atoms with Gasteiger partial charge in [0.2, 0.25) is 0 Å². The van der Waals surface area contributed by atoms with Crippen LogP contribution >= 0.6 is 0 Å². The molecule has 0 unspecified atom stereocenters. The lowest BCUT2D eigenvalue weighted by molar-refractivity contribution is 0.255. The largest absolute Gasteiger partial charge is 0.323 e. The van der Waals surface area contributed by atoms with E-state index >= 15 is 0 Å². The first-order valence-corrected chi connectivity index (χ1v) is 7.46. The highest BCUT2D eigenvalue weighted by Gasteiger charge is 2.09. The molecule has 0 atom stereocenters. The maximum Gasteiger partial charge on any atom is 0.323 e. The molecule has 0 radical (unpaired) electrons. The van der Waals surface area contributed by atoms with Gasteiger partial charge in [0.1, 0.15) is 0 Å². The van der Waals surface area contributed by atoms with Crippen molar-refractivity contribution in [2.75, 3.05) is 5.32 Å². The van der Waals surface area contributed by atoms with Gasteiger partial charge in [-0.1, -0.05) is 37.5 Å². The number of hydrogen-bond acceptors (Lipinski definition) is 1. The molecule has 2 N–H and O–H groups in total. The average molecular weight is 272 g/mol. The number of anilines is 1. The summed E-state index contributed by atoms with van der Waals surface area (Å²) >= 11 is 0. The highest BCUT2D eigenvalue weighted by molar-refractivity contribution is 5.90. The minimum absolute atomic E-state index is 0.175. The number of nitrogens with one attached hydrogen (secondary N) is 2. The molecular weight excluding hydrogens is 248 g/mol. The van der Waals surface area contributed by atoms with E-state index in [9.17, 15) is 4.79 Å². The minimum atomic E-state index is -0.175. The van der Waals surface area contributed by atoms with Crippen LogP contribution in [0.2, 0.25) is 0 Å². The van der Waals surface area contributed by atoms with Crippen LogP contribution in [0.15, 0.2) is 30.5 Å². The van der Waals surface area contributed by atoms with Crippen LogP contribution in [0.4, 0.5) is 10.5 Å². The normalized spacial score (nSPS) is 16.3. The molecule has 1 aromatic carbocycles. The Kier molecular flexibility index (Phi) is 5.22. The molecule has 1 aliphatic carbocycles. The van der Waals surface area contributed by atoms with Gasteiger partial charge in [-0.25, -0.2) is 4.79 Å². The number of carbonyl (C=O) groups is 1. The molecular formula is C17H24N2O. The molecule has 0 aliphatic heterocycles. The van der Waals surface area contributed by atoms with Crippen molar-refractivity contribution < 1.29 is 4.79 Å². The van der Waals surface area contributed by atoms with Crippen LogP contribution in [0.1, 0.15) is 43.2 Å². The number of carbonyl (C=O) groups excluding carboxylic acids is 1. The van der Waals surface area contributed by atoms with Crippen molar-refractivity contribution >= 4 is 11.7 Å². The summed E-state index contributed by atoms with van der Waals surface area (Å²) in [4.78, 5) is 11.8. The first-order chi connectivity index (χ1) is 9.65. The van der Waals surface area contributed by atoms with Crippen molar-refractivity contribution in [3.8, 4) is 0 Å². The van der Waals surface area contributed by atoms with Crippen molar-refractivity contribution in [3.05, 3.63) is 41.6 Å². The lowest BCUT2D eigenvalue weighted by Gasteiger charge is -2.17. The molecule has 2 amide bonds. The van der Waals surface area contributed by atoms with Crippen LogP contribution in [0.3, 0.4) is 0 Å². The van der Waals surface area contributed by atoms with E-state index in [1.165, 1.54) is 32.1 Å². The van der Waals surface area contributed by atoms with Gasteiger partial charge in [0.05, 0.1) is 0 Å². The Morgan fingerprint density at radius 1 is 1.20 bits per heavy atom. The second kappa shape index (κ2) is 7.13. The molecule has 1 aromatic rings. The Labute approximate surface area is 121 Å². The molecule has 0 spiro atoms. The quantitative estimate of drug-likeness (QED) is 0.834. The predicted molar refractivity (Wildman–Crippen MR) is 83.8 cm³/mol. The molecule has 0 aromatic heterocycles. The van der Waals surface area contributed by atoms with Crippen LogP contribution in [0.25, 0.3) is 0 Å². The zero-order chi connectivity index (χ0) is 14.4. The topological polar surface area (TPSA) is 41.1 Å². The number of allylic oxidation sites excluding steroid dienone is 1. The van der Waals surface area contributed by atoms with Gasteiger partial charge in [-0.15, -0.1) is 0 Å². The molecule has 3 nitrogen and oxygen atoms in total. The molecule has 0 heterocycles. The molecule has 1 saturated carbocycles. The SMILES string of the molecule is Cc1ccc(C)c(NC(=O)N/C=C/C2CCCCC2)c1. The smallest absolute Gasteiger partial charge is 0.315 e. The summed E-state index contributed by atoms with van der Waals surface area (Å²) in [5, 5.41) is 5.68. The fourth-order valence-electron chi connectivity index (χ4n) is 2.62. The van der Waals surface area contributed by atoms with E-state index in [-0.39, 0.29) is 6.03 Å². The average Bonchev–Trinajstić information content (AvgIpc) is 2.44. The van der Waals surface area contributed by atoms with Crippen molar-refractivity contribution in [2.45, 2.75) is 46.0 Å². The third-order valence-corrected chi connectivity index (χ3v) is 3.87. The van der Waals surface area contributed by atoms with Gasteiger partial charge in [0.15, 0.2) is 0 Å². The molecule has 0 bridgehead atoms. The summed E-state index contributed by atoms with van der Waals surface area (Å²) in [5.74, 6) is 0.629. The van der Waals surface area contributed by atoms with Gasteiger partial charge in [0.25, 0.3) is 0 Å². The van der Waals surface area contributed by atoms with Crippen LogP contribution in [0, 0.1) is 19.8 Å². The minimum Gasteiger partial charge on any atom is -0.315 e. The van der Waals surface area contributed by atoms with Gasteiger partial charge in [-0.3, -0.25) is 0 Å². The Balaban J connectivity index is 1.82. The van der Waals surface area contributed by atoms with Gasteiger partial charge in [-0.05, 0) is 49.8 Å². The second-order valence-electron chi connectivity index (χ2n) is 5.67. The first-order valence-electron chi connectivity index (χ1n) is 7.46. The summed E-state index contributed by atoms with van der Waals surface area (Å²) < 4.78 is 0. The summed E-state index contributed by atoms with van der Waals surface area (Å²) in [5.41, 5.74) is 3.08. The molecule has 0 saturated heterocycles. The van der Waals surface area contributed by atoms with Crippen LogP contribution < -0.4 is 10.6 Å². The van der Waals surface area contributed by atoms with Crippen molar-refractivity contribution in [3.63, 3.8) is 0 Å². The summed E-state index contributed by atoms with van der Waals surface area (Å²) in [7, 11) is 0. The molecule has 1 aliphatic rings. The molecule has 20 heavy (non-hydrogen) atoms. The van der Waals surface area contributed by atoms with E-state index in [0.29, 0.717) is 5.92 Å². The van der Waals surface area contributed by atoms with E-state index in [1.807, 2.05) is 32.0 Å². The lowest BCUT2D eigenvalue weighted by atomic mass is 9.89. The van der Waals surface area contributed by atoms with Gasteiger partial charge >= 0.3 is 6.03 Å². The Morgan fingerprint density at radius 3 is 2.70 bits per heavy atom. The van der Waals surface area contributed by atoms with Crippen molar-refractivity contribution in [2.24, 2.45) is 5.92 Å². The van der Waals surface area contributed by atoms with Crippen LogP contribution in [-0.4, -0.2) is 6.03 Å². The van der Waals surface area contributed by atoms with Crippen molar-refractivity contribution in [1.82, 2.24) is 5.32 Å². The van der Waals surface area contributed by atoms with Crippen molar-refractivity contribution in [1.29, 1.82) is 0 Å². The maximum atomic E-state index is 11.8. The summed E-state index contributed by atoms with van der Waals surface area (Å²) in [6.45, 7) is 4.01. The number of urea groups is 1. The summed E-state index contributed by atoms with van der Waals surface area (Å²) in [6.07, 6.45) is 10.4. The zero-order valence-corrected chi connectivity index (χ0v) is 12.4. The number of hydrogen-bond donors (Lipinski definition) is 2. The zero-order valence-electron chi connectivity index (χ0n) is 12.4. The molecule has 108 valence electrons. The fourth-order valence-corrected chi connectivity index (χ4v) is 2.62. The van der Waals surface area contributed by atoms with Crippen LogP contribution in [0.5, 0.6) is 0 Å². The van der Waals surface area contributed by atoms with E-state index in [4.69, 9.17) is 0 Å². The van der Waals surface area contributed by atoms with E-state index < -0.39 is 0 Å². The maximum absolute atomic E-state index is 11.8. The van der Waals surface area contributed by atoms with Gasteiger partial charge in [-0.2, -0.15) is 0 Å². The Hall–Kier alpha value is -1.77. The Morgan fingerprint density at radius 2 is 1.95 bits per heavy atom. The number of rotatable bonds is 3. The van der Waals surface area contributed by atoms with E-state index in [0.717, 1.165) is 16.8 Å². The third-order valence-electron chi connectivity index (χ3n) is 3.87. The van der Waals surface area contributed by atoms with Gasteiger partial charge in [0, 0.05) is 11.9 Å². The predicted octanol–water partition coefficient (Wildman–Crippen LogP) is 4.52. The third kappa shape index (κ3) is 4.41. The lowest BCUT2D eigenvalue weighted by Crippen LogP contribution is -2.24. The highest BCUT2D eigenvalue weighted by Crippen LogP contribution is 2.24. The standard InChI is InChI=1S/C17H24N2O/c1-13-8-9-14(2)16(12-13)19-17(20)18-11-10-15-6-4-3-5-7-15/h8-12,15H,3-7H2,1-2H3,(H2,18,19,20)/b11-10+. The Bertz CT molecular complexity index is 488. The van der Waals surface area contributed by atoms with E-state index in [1.54, 1.807) is 6.20 Å². The fraction of sp³-hybridized carbons (Fsp3) is 0.471. The van der Waals surface area contributed by atoms with Crippen LogP contribution in [-0.2, 0) is 0 Å². The number of amides is 2. The van der Waals surface area contributed by atoms with E-state index in [2.05, 4.69) is 16.7 Å². The summed E-state index contributed by atoms with van der Waals surface area (Å²) in [6, 6.07) is 5.87. The molecule has 1 fully saturated rings. The second-order valence-corrected chi connectivity index (χ2v) is 5.67. The molecule has 2 rings (SSSR count). The molecule has 3 heteroatoms. The monoisotopic (exact) mass is 272 g/mol. The van der Waals surface area contributed by atoms with Gasteiger partial charge < -0.3 is 10.6 Å².